The Morgan fingerprint density at radius 3 is 2.47 bits per heavy atom. The Bertz CT molecular complexity index is 743. The molecule has 0 bridgehead atoms. The summed E-state index contributed by atoms with van der Waals surface area (Å²) in [6.45, 7) is 15.8. The van der Waals surface area contributed by atoms with Crippen LogP contribution in [0.25, 0.3) is 0 Å². The van der Waals surface area contributed by atoms with Crippen molar-refractivity contribution in [1.29, 1.82) is 0 Å². The van der Waals surface area contributed by atoms with Crippen molar-refractivity contribution in [3.05, 3.63) is 46.7 Å². The molecule has 3 heteroatoms. The Labute approximate surface area is 185 Å². The highest BCUT2D eigenvalue weighted by molar-refractivity contribution is 6.06. The van der Waals surface area contributed by atoms with E-state index in [-0.39, 0.29) is 0 Å². The molecule has 1 aromatic rings. The number of benzene rings is 1. The van der Waals surface area contributed by atoms with E-state index >= 15 is 0 Å². The molecule has 0 aliphatic carbocycles. The summed E-state index contributed by atoms with van der Waals surface area (Å²) in [4.78, 5) is 10.1. The lowest BCUT2D eigenvalue weighted by Gasteiger charge is -2.34. The molecule has 0 saturated carbocycles. The van der Waals surface area contributed by atoms with Crippen LogP contribution in [0.4, 0.5) is 0 Å². The fourth-order valence-electron chi connectivity index (χ4n) is 5.25. The van der Waals surface area contributed by atoms with Gasteiger partial charge in [0.2, 0.25) is 0 Å². The van der Waals surface area contributed by atoms with Crippen molar-refractivity contribution in [2.45, 2.75) is 84.6 Å². The molecule has 3 rings (SSSR count). The van der Waals surface area contributed by atoms with E-state index in [1.54, 1.807) is 5.56 Å². The molecule has 1 unspecified atom stereocenters. The monoisotopic (exact) mass is 409 g/mol. The molecule has 0 aromatic heterocycles. The second kappa shape index (κ2) is 11.2. The Morgan fingerprint density at radius 2 is 1.80 bits per heavy atom. The summed E-state index contributed by atoms with van der Waals surface area (Å²) in [5, 5.41) is 0. The zero-order valence-corrected chi connectivity index (χ0v) is 20.0. The van der Waals surface area contributed by atoms with Crippen LogP contribution in [-0.4, -0.2) is 54.8 Å². The third-order valence-electron chi connectivity index (χ3n) is 6.97. The van der Waals surface area contributed by atoms with Crippen molar-refractivity contribution in [1.82, 2.24) is 9.80 Å². The SMILES string of the molecule is C=C(C)N=C(c1cc(CC)c(CCCCN2CCCC2)cc1C)C1CCCCN1C. The summed E-state index contributed by atoms with van der Waals surface area (Å²) in [5.41, 5.74) is 7.91. The van der Waals surface area contributed by atoms with Crippen molar-refractivity contribution in [2.75, 3.05) is 33.2 Å². The van der Waals surface area contributed by atoms with E-state index in [0.717, 1.165) is 18.7 Å². The van der Waals surface area contributed by atoms with E-state index in [4.69, 9.17) is 4.99 Å². The van der Waals surface area contributed by atoms with Crippen molar-refractivity contribution < 1.29 is 0 Å². The van der Waals surface area contributed by atoms with Gasteiger partial charge in [-0.25, -0.2) is 0 Å². The normalized spacial score (nSPS) is 21.3. The fraction of sp³-hybridized carbons (Fsp3) is 0.667. The van der Waals surface area contributed by atoms with E-state index in [1.165, 1.54) is 93.4 Å². The van der Waals surface area contributed by atoms with Gasteiger partial charge in [0.05, 0.1) is 11.8 Å². The van der Waals surface area contributed by atoms with E-state index in [1.807, 2.05) is 6.92 Å². The number of piperidine rings is 1. The van der Waals surface area contributed by atoms with Crippen molar-refractivity contribution in [3.8, 4) is 0 Å². The number of aryl methyl sites for hydroxylation is 3. The smallest absolute Gasteiger partial charge is 0.0653 e. The first-order valence-corrected chi connectivity index (χ1v) is 12.3. The zero-order chi connectivity index (χ0) is 21.5. The number of rotatable bonds is 9. The Balaban J connectivity index is 1.77. The lowest BCUT2D eigenvalue weighted by atomic mass is 9.87. The van der Waals surface area contributed by atoms with Gasteiger partial charge in [0.15, 0.2) is 0 Å². The van der Waals surface area contributed by atoms with Gasteiger partial charge < -0.3 is 4.90 Å². The van der Waals surface area contributed by atoms with Crippen LogP contribution in [0.15, 0.2) is 29.4 Å². The van der Waals surface area contributed by atoms with Crippen LogP contribution < -0.4 is 0 Å². The maximum atomic E-state index is 4.98. The number of hydrogen-bond donors (Lipinski definition) is 0. The quantitative estimate of drug-likeness (QED) is 0.380. The van der Waals surface area contributed by atoms with E-state index in [9.17, 15) is 0 Å². The van der Waals surface area contributed by atoms with Gasteiger partial charge in [-0.2, -0.15) is 0 Å². The Morgan fingerprint density at radius 1 is 1.07 bits per heavy atom. The molecule has 0 radical (unpaired) electrons. The highest BCUT2D eigenvalue weighted by Gasteiger charge is 2.26. The molecule has 0 spiro atoms. The summed E-state index contributed by atoms with van der Waals surface area (Å²) >= 11 is 0. The molecular formula is C27H43N3. The Kier molecular flexibility index (Phi) is 8.71. The molecular weight excluding hydrogens is 366 g/mol. The van der Waals surface area contributed by atoms with Gasteiger partial charge in [-0.15, -0.1) is 0 Å². The van der Waals surface area contributed by atoms with Crippen LogP contribution in [0.2, 0.25) is 0 Å². The van der Waals surface area contributed by atoms with Crippen molar-refractivity contribution in [2.24, 2.45) is 4.99 Å². The standard InChI is InChI=1S/C27H43N3/c1-6-23-20-25(27(28-21(2)3)26-14-8-9-15-29(26)5)22(4)19-24(23)13-7-10-16-30-17-11-12-18-30/h19-20,26H,2,6-18H2,1,3-5H3. The van der Waals surface area contributed by atoms with Crippen LogP contribution >= 0.6 is 0 Å². The predicted octanol–water partition coefficient (Wildman–Crippen LogP) is 5.78. The maximum Gasteiger partial charge on any atom is 0.0653 e. The molecule has 30 heavy (non-hydrogen) atoms. The topological polar surface area (TPSA) is 18.8 Å². The molecule has 0 amide bonds. The van der Waals surface area contributed by atoms with Gasteiger partial charge in [-0.1, -0.05) is 26.0 Å². The first-order chi connectivity index (χ1) is 14.5. The van der Waals surface area contributed by atoms with Crippen LogP contribution in [0, 0.1) is 6.92 Å². The summed E-state index contributed by atoms with van der Waals surface area (Å²) in [5.74, 6) is 0. The number of unbranched alkanes of at least 4 members (excludes halogenated alkanes) is 1. The lowest BCUT2D eigenvalue weighted by molar-refractivity contribution is 0.236. The molecule has 2 saturated heterocycles. The minimum atomic E-state index is 0.408. The number of aliphatic imine (C=N–C) groups is 1. The largest absolute Gasteiger partial charge is 0.303 e. The molecule has 2 heterocycles. The third-order valence-corrected chi connectivity index (χ3v) is 6.97. The van der Waals surface area contributed by atoms with Gasteiger partial charge in [0.25, 0.3) is 0 Å². The van der Waals surface area contributed by atoms with Crippen LogP contribution in [0.1, 0.15) is 81.0 Å². The first kappa shape index (κ1) is 23.2. The van der Waals surface area contributed by atoms with Gasteiger partial charge >= 0.3 is 0 Å². The molecule has 0 N–H and O–H groups in total. The average Bonchev–Trinajstić information content (AvgIpc) is 3.24. The van der Waals surface area contributed by atoms with Gasteiger partial charge in [0.1, 0.15) is 0 Å². The predicted molar refractivity (Wildman–Crippen MR) is 131 cm³/mol. The van der Waals surface area contributed by atoms with E-state index in [2.05, 4.69) is 49.4 Å². The molecule has 2 aliphatic heterocycles. The fourth-order valence-corrected chi connectivity index (χ4v) is 5.25. The lowest BCUT2D eigenvalue weighted by Crippen LogP contribution is -2.42. The molecule has 1 aromatic carbocycles. The number of nitrogens with zero attached hydrogens (tertiary/aromatic N) is 3. The highest BCUT2D eigenvalue weighted by Crippen LogP contribution is 2.26. The maximum absolute atomic E-state index is 4.98. The molecule has 2 aliphatic rings. The number of allylic oxidation sites excluding steroid dienone is 1. The average molecular weight is 410 g/mol. The number of likely N-dealkylation sites (tertiary alicyclic amines) is 2. The summed E-state index contributed by atoms with van der Waals surface area (Å²) in [6, 6.07) is 5.32. The third kappa shape index (κ3) is 6.04. The van der Waals surface area contributed by atoms with Gasteiger partial charge in [-0.3, -0.25) is 9.89 Å². The summed E-state index contributed by atoms with van der Waals surface area (Å²) in [6.07, 6.45) is 11.5. The van der Waals surface area contributed by atoms with Gasteiger partial charge in [-0.05, 0) is 121 Å². The molecule has 3 nitrogen and oxygen atoms in total. The van der Waals surface area contributed by atoms with Crippen LogP contribution in [-0.2, 0) is 12.8 Å². The minimum Gasteiger partial charge on any atom is -0.303 e. The number of likely N-dealkylation sites (N-methyl/N-ethyl adjacent to an activating group) is 1. The molecule has 1 atom stereocenters. The highest BCUT2D eigenvalue weighted by atomic mass is 15.1. The van der Waals surface area contributed by atoms with E-state index in [0.29, 0.717) is 6.04 Å². The Hall–Kier alpha value is -1.45. The summed E-state index contributed by atoms with van der Waals surface area (Å²) in [7, 11) is 2.25. The number of hydrogen-bond acceptors (Lipinski definition) is 3. The zero-order valence-electron chi connectivity index (χ0n) is 20.0. The summed E-state index contributed by atoms with van der Waals surface area (Å²) < 4.78 is 0. The van der Waals surface area contributed by atoms with Crippen molar-refractivity contribution >= 4 is 5.71 Å². The minimum absolute atomic E-state index is 0.408. The van der Waals surface area contributed by atoms with E-state index < -0.39 is 0 Å². The molecule has 2 fully saturated rings. The van der Waals surface area contributed by atoms with Crippen LogP contribution in [0.3, 0.4) is 0 Å². The molecule has 166 valence electrons. The van der Waals surface area contributed by atoms with Crippen molar-refractivity contribution in [3.63, 3.8) is 0 Å². The second-order valence-electron chi connectivity index (χ2n) is 9.52. The van der Waals surface area contributed by atoms with Gasteiger partial charge in [0, 0.05) is 11.3 Å². The second-order valence-corrected chi connectivity index (χ2v) is 9.52. The van der Waals surface area contributed by atoms with Crippen LogP contribution in [0.5, 0.6) is 0 Å². The first-order valence-electron chi connectivity index (χ1n) is 12.3.